The van der Waals surface area contributed by atoms with Crippen LogP contribution in [0.5, 0.6) is 5.88 Å². The van der Waals surface area contributed by atoms with E-state index in [0.29, 0.717) is 27.6 Å². The van der Waals surface area contributed by atoms with Crippen LogP contribution in [0.1, 0.15) is 35.7 Å². The van der Waals surface area contributed by atoms with Crippen molar-refractivity contribution in [2.45, 2.75) is 19.8 Å². The zero-order chi connectivity index (χ0) is 24.5. The van der Waals surface area contributed by atoms with E-state index in [1.165, 1.54) is 22.3 Å². The summed E-state index contributed by atoms with van der Waals surface area (Å²) in [5.74, 6) is 0.601. The monoisotopic (exact) mass is 512 g/mol. The number of nitrogens with one attached hydrogen (secondary N) is 2. The molecule has 35 heavy (non-hydrogen) atoms. The summed E-state index contributed by atoms with van der Waals surface area (Å²) in [5.41, 5.74) is 4.03. The van der Waals surface area contributed by atoms with Gasteiger partial charge in [-0.25, -0.2) is 4.98 Å². The lowest BCUT2D eigenvalue weighted by Gasteiger charge is -2.32. The summed E-state index contributed by atoms with van der Waals surface area (Å²) in [6, 6.07) is 11.4. The highest BCUT2D eigenvalue weighted by Crippen LogP contribution is 2.37. The van der Waals surface area contributed by atoms with Gasteiger partial charge in [0.05, 0.1) is 15.7 Å². The highest BCUT2D eigenvalue weighted by atomic mass is 35.5. The minimum Gasteiger partial charge on any atom is -0.455 e. The molecule has 3 aromatic rings. The van der Waals surface area contributed by atoms with Crippen molar-refractivity contribution in [2.24, 2.45) is 0 Å². The van der Waals surface area contributed by atoms with Crippen LogP contribution < -0.4 is 25.2 Å². The van der Waals surface area contributed by atoms with E-state index in [2.05, 4.69) is 51.5 Å². The van der Waals surface area contributed by atoms with Crippen LogP contribution in [0.4, 0.5) is 23.0 Å². The van der Waals surface area contributed by atoms with Crippen LogP contribution in [0, 0.1) is 0 Å². The normalized spacial score (nSPS) is 15.7. The van der Waals surface area contributed by atoms with Crippen molar-refractivity contribution in [2.75, 3.05) is 48.0 Å². The van der Waals surface area contributed by atoms with Crippen LogP contribution in [0.25, 0.3) is 0 Å². The fraction of sp³-hybridized carbons (Fsp3) is 0.320. The molecule has 0 aliphatic carbocycles. The fourth-order valence-electron chi connectivity index (χ4n) is 4.34. The van der Waals surface area contributed by atoms with Crippen LogP contribution in [-0.2, 0) is 0 Å². The minimum atomic E-state index is -0.324. The number of carbonyl (C=O) groups excluding carboxylic acids is 1. The molecule has 0 unspecified atom stereocenters. The quantitative estimate of drug-likeness (QED) is 0.494. The van der Waals surface area contributed by atoms with Crippen molar-refractivity contribution < 1.29 is 9.53 Å². The van der Waals surface area contributed by atoms with Gasteiger partial charge in [-0.3, -0.25) is 9.69 Å². The zero-order valence-electron chi connectivity index (χ0n) is 19.5. The molecule has 1 aromatic heterocycles. The molecule has 2 aliphatic heterocycles. The molecule has 1 fully saturated rings. The number of hydrogen-bond acceptors (Lipinski definition) is 7. The number of rotatable bonds is 5. The number of nitrogens with zero attached hydrogens (tertiary/aromatic N) is 4. The lowest BCUT2D eigenvalue weighted by Crippen LogP contribution is -2.43. The van der Waals surface area contributed by atoms with Crippen LogP contribution in [0.15, 0.2) is 42.6 Å². The van der Waals surface area contributed by atoms with Gasteiger partial charge in [0.25, 0.3) is 5.91 Å². The second kappa shape index (κ2) is 9.89. The Bertz CT molecular complexity index is 1240. The van der Waals surface area contributed by atoms with Crippen molar-refractivity contribution in [3.05, 3.63) is 63.8 Å². The van der Waals surface area contributed by atoms with Crippen molar-refractivity contribution >= 4 is 52.1 Å². The van der Waals surface area contributed by atoms with E-state index >= 15 is 0 Å². The summed E-state index contributed by atoms with van der Waals surface area (Å²) in [4.78, 5) is 25.7. The minimum absolute atomic E-state index is 0.0529. The molecule has 2 aromatic carbocycles. The first-order valence-corrected chi connectivity index (χ1v) is 12.3. The molecule has 5 rings (SSSR count). The van der Waals surface area contributed by atoms with E-state index in [-0.39, 0.29) is 24.1 Å². The third kappa shape index (κ3) is 4.74. The van der Waals surface area contributed by atoms with E-state index < -0.39 is 0 Å². The van der Waals surface area contributed by atoms with Gasteiger partial charge in [0.1, 0.15) is 5.56 Å². The van der Waals surface area contributed by atoms with E-state index in [4.69, 9.17) is 27.9 Å². The Morgan fingerprint density at radius 1 is 1.11 bits per heavy atom. The Labute approximate surface area is 214 Å². The lowest BCUT2D eigenvalue weighted by molar-refractivity contribution is 0.0932. The van der Waals surface area contributed by atoms with Crippen LogP contribution in [0.3, 0.4) is 0 Å². The van der Waals surface area contributed by atoms with Crippen molar-refractivity contribution in [3.63, 3.8) is 0 Å². The summed E-state index contributed by atoms with van der Waals surface area (Å²) in [6.07, 6.45) is 1.46. The Hall–Kier alpha value is -3.07. The molecular formula is C25H26Cl2N6O2. The number of fused-ring (bicyclic) bond motifs is 1. The topological polar surface area (TPSA) is 82.6 Å². The molecular weight excluding hydrogens is 487 g/mol. The molecule has 0 saturated carbocycles. The van der Waals surface area contributed by atoms with E-state index in [0.717, 1.165) is 31.9 Å². The Morgan fingerprint density at radius 3 is 2.57 bits per heavy atom. The molecule has 8 nitrogen and oxygen atoms in total. The molecule has 1 amide bonds. The van der Waals surface area contributed by atoms with E-state index in [9.17, 15) is 4.79 Å². The average Bonchev–Trinajstić information content (AvgIpc) is 2.86. The molecule has 0 spiro atoms. The molecule has 1 saturated heterocycles. The number of hydrogen-bond donors (Lipinski definition) is 2. The SMILES string of the molecule is CC(C)c1cc(Nc2ncc3c(n2)OCN(c2c(Cl)cccc2Cl)C3=O)ccc1N1CCNCC1. The standard InChI is InChI=1S/C25H26Cl2N6O2/c1-15(2)17-12-16(6-7-21(17)32-10-8-28-9-11-32)30-25-29-13-18-23(31-25)35-14-33(24(18)34)22-19(26)4-3-5-20(22)27/h3-7,12-13,15,28H,8-11,14H2,1-2H3,(H,29,30,31). The first-order chi connectivity index (χ1) is 16.9. The number of piperazine rings is 1. The average molecular weight is 513 g/mol. The molecule has 10 heteroatoms. The van der Waals surface area contributed by atoms with Gasteiger partial charge in [0, 0.05) is 43.8 Å². The van der Waals surface area contributed by atoms with E-state index in [1.54, 1.807) is 18.2 Å². The molecule has 3 heterocycles. The van der Waals surface area contributed by atoms with Gasteiger partial charge in [-0.2, -0.15) is 4.98 Å². The highest BCUT2D eigenvalue weighted by molar-refractivity contribution is 6.40. The molecule has 2 N–H and O–H groups in total. The largest absolute Gasteiger partial charge is 0.455 e. The summed E-state index contributed by atoms with van der Waals surface area (Å²) < 4.78 is 5.79. The number of carbonyl (C=O) groups is 1. The van der Waals surface area contributed by atoms with Crippen molar-refractivity contribution in [3.8, 4) is 5.88 Å². The van der Waals surface area contributed by atoms with Gasteiger partial charge in [-0.1, -0.05) is 43.1 Å². The maximum Gasteiger partial charge on any atom is 0.268 e. The van der Waals surface area contributed by atoms with Gasteiger partial charge in [-0.15, -0.1) is 0 Å². The number of amides is 1. The zero-order valence-corrected chi connectivity index (χ0v) is 21.0. The Balaban J connectivity index is 1.38. The number of ether oxygens (including phenoxy) is 1. The van der Waals surface area contributed by atoms with Crippen molar-refractivity contribution in [1.82, 2.24) is 15.3 Å². The number of anilines is 4. The lowest BCUT2D eigenvalue weighted by atomic mass is 9.99. The van der Waals surface area contributed by atoms with Crippen LogP contribution >= 0.6 is 23.2 Å². The van der Waals surface area contributed by atoms with Gasteiger partial charge >= 0.3 is 0 Å². The molecule has 0 bridgehead atoms. The van der Waals surface area contributed by atoms with Crippen LogP contribution in [0.2, 0.25) is 10.0 Å². The third-order valence-electron chi connectivity index (χ3n) is 6.13. The van der Waals surface area contributed by atoms with Crippen molar-refractivity contribution in [1.29, 1.82) is 0 Å². The second-order valence-corrected chi connectivity index (χ2v) is 9.59. The number of para-hydroxylation sites is 1. The van der Waals surface area contributed by atoms with Gasteiger partial charge in [0.2, 0.25) is 11.8 Å². The summed E-state index contributed by atoms with van der Waals surface area (Å²) >= 11 is 12.6. The van der Waals surface area contributed by atoms with E-state index in [1.807, 2.05) is 6.07 Å². The smallest absolute Gasteiger partial charge is 0.268 e. The first-order valence-electron chi connectivity index (χ1n) is 11.5. The number of halogens is 2. The molecule has 2 aliphatic rings. The first kappa shape index (κ1) is 23.7. The maximum absolute atomic E-state index is 13.1. The van der Waals surface area contributed by atoms with Crippen LogP contribution in [-0.4, -0.2) is 48.8 Å². The predicted molar refractivity (Wildman–Crippen MR) is 140 cm³/mol. The third-order valence-corrected chi connectivity index (χ3v) is 6.74. The summed E-state index contributed by atoms with van der Waals surface area (Å²) in [6.45, 7) is 8.28. The Kier molecular flexibility index (Phi) is 6.69. The maximum atomic E-state index is 13.1. The summed E-state index contributed by atoms with van der Waals surface area (Å²) in [5, 5.41) is 7.38. The Morgan fingerprint density at radius 2 is 1.86 bits per heavy atom. The fourth-order valence-corrected chi connectivity index (χ4v) is 4.94. The highest BCUT2D eigenvalue weighted by Gasteiger charge is 2.31. The number of benzene rings is 2. The van der Waals surface area contributed by atoms with Gasteiger partial charge in [0.15, 0.2) is 6.73 Å². The molecule has 0 atom stereocenters. The molecule has 0 radical (unpaired) electrons. The number of aromatic nitrogens is 2. The predicted octanol–water partition coefficient (Wildman–Crippen LogP) is 5.06. The van der Waals surface area contributed by atoms with Gasteiger partial charge < -0.3 is 20.3 Å². The van der Waals surface area contributed by atoms with Gasteiger partial charge in [-0.05, 0) is 41.8 Å². The second-order valence-electron chi connectivity index (χ2n) is 8.78. The molecule has 182 valence electrons. The summed E-state index contributed by atoms with van der Waals surface area (Å²) in [7, 11) is 0.